The van der Waals surface area contributed by atoms with E-state index in [4.69, 9.17) is 11.6 Å². The molecule has 2 heterocycles. The topological polar surface area (TPSA) is 38.1 Å². The summed E-state index contributed by atoms with van der Waals surface area (Å²) >= 11 is 12.5. The van der Waals surface area contributed by atoms with E-state index in [9.17, 15) is 0 Å². The molecule has 0 aromatic carbocycles. The molecule has 0 aliphatic carbocycles. The summed E-state index contributed by atoms with van der Waals surface area (Å²) in [4.78, 5) is 8.46. The Morgan fingerprint density at radius 2 is 2.20 bits per heavy atom. The summed E-state index contributed by atoms with van der Waals surface area (Å²) in [6.07, 6.45) is 1.68. The Kier molecular flexibility index (Phi) is 3.89. The summed E-state index contributed by atoms with van der Waals surface area (Å²) in [5.41, 5.74) is 0. The normalized spacial score (nSPS) is 12.1. The summed E-state index contributed by atoms with van der Waals surface area (Å²) in [5.74, 6) is 0.594. The van der Waals surface area contributed by atoms with Gasteiger partial charge in [0.25, 0.3) is 0 Å². The Bertz CT molecular complexity index is 551. The summed E-state index contributed by atoms with van der Waals surface area (Å²) in [5, 5.41) is 0.418. The highest BCUT2D eigenvalue weighted by atomic mass is 79.9. The van der Waals surface area contributed by atoms with Gasteiger partial charge in [-0.3, -0.25) is 0 Å². The maximum Gasteiger partial charge on any atom is 0.179 e. The fraction of sp³-hybridized carbons (Fsp3) is 0. The second kappa shape index (κ2) is 5.01. The summed E-state index contributed by atoms with van der Waals surface area (Å²) in [6, 6.07) is 1.88. The van der Waals surface area contributed by atoms with Crippen molar-refractivity contribution in [3.63, 3.8) is 0 Å². The van der Waals surface area contributed by atoms with Crippen molar-refractivity contribution in [3.05, 3.63) is 31.0 Å². The highest BCUT2D eigenvalue weighted by molar-refractivity contribution is 9.11. The van der Waals surface area contributed by atoms with Crippen molar-refractivity contribution >= 4 is 70.2 Å². The van der Waals surface area contributed by atoms with Crippen molar-refractivity contribution in [2.45, 2.75) is 0 Å². The monoisotopic (exact) mass is 385 g/mol. The molecule has 0 saturated heterocycles. The van der Waals surface area contributed by atoms with Crippen LogP contribution in [-0.2, 0) is 0 Å². The number of rotatable bonds is 1. The molecule has 0 fully saturated rings. The SMILES string of the molecule is Clc1nssc1=Nc1ncc(Br)cc1Br. The molecule has 3 nitrogen and oxygen atoms in total. The number of hydrogen-bond donors (Lipinski definition) is 0. The largest absolute Gasteiger partial charge is 0.235 e. The lowest BCUT2D eigenvalue weighted by Gasteiger charge is -1.96. The molecule has 0 N–H and O–H groups in total. The van der Waals surface area contributed by atoms with E-state index in [1.54, 1.807) is 6.20 Å². The van der Waals surface area contributed by atoms with Gasteiger partial charge in [0.2, 0.25) is 0 Å². The maximum atomic E-state index is 5.84. The Labute approximate surface area is 115 Å². The zero-order chi connectivity index (χ0) is 10.8. The molecule has 0 bridgehead atoms. The van der Waals surface area contributed by atoms with Crippen LogP contribution in [0.1, 0.15) is 0 Å². The first-order valence-corrected chi connectivity index (χ1v) is 7.71. The Balaban J connectivity index is 2.53. The fourth-order valence-corrected chi connectivity index (χ4v) is 3.86. The Hall–Kier alpha value is 0.180. The number of hydrogen-bond acceptors (Lipinski definition) is 5. The lowest BCUT2D eigenvalue weighted by molar-refractivity contribution is 1.21. The molecule has 0 radical (unpaired) electrons. The number of nitrogens with zero attached hydrogens (tertiary/aromatic N) is 3. The first-order chi connectivity index (χ1) is 7.16. The molecule has 2 rings (SSSR count). The van der Waals surface area contributed by atoms with Crippen molar-refractivity contribution < 1.29 is 0 Å². The van der Waals surface area contributed by atoms with E-state index in [0.29, 0.717) is 15.6 Å². The van der Waals surface area contributed by atoms with Crippen LogP contribution in [0.4, 0.5) is 5.82 Å². The minimum atomic E-state index is 0.418. The molecule has 0 amide bonds. The minimum Gasteiger partial charge on any atom is -0.235 e. The third-order valence-corrected chi connectivity index (χ3v) is 4.59. The van der Waals surface area contributed by atoms with Gasteiger partial charge in [0.1, 0.15) is 0 Å². The van der Waals surface area contributed by atoms with Crippen molar-refractivity contribution in [1.82, 2.24) is 9.36 Å². The van der Waals surface area contributed by atoms with Gasteiger partial charge in [0.15, 0.2) is 15.6 Å². The predicted octanol–water partition coefficient (Wildman–Crippen LogP) is 4.01. The van der Waals surface area contributed by atoms with Crippen molar-refractivity contribution in [3.8, 4) is 0 Å². The van der Waals surface area contributed by atoms with E-state index in [1.807, 2.05) is 6.07 Å². The van der Waals surface area contributed by atoms with Crippen LogP contribution >= 0.6 is 64.3 Å². The second-order valence-corrected chi connectivity index (χ2v) is 6.38. The smallest absolute Gasteiger partial charge is 0.179 e. The lowest BCUT2D eigenvalue weighted by atomic mass is 10.5. The van der Waals surface area contributed by atoms with Gasteiger partial charge in [-0.15, -0.1) is 0 Å². The highest BCUT2D eigenvalue weighted by Gasteiger charge is 2.02. The van der Waals surface area contributed by atoms with E-state index in [0.717, 1.165) is 8.95 Å². The molecule has 8 heteroatoms. The van der Waals surface area contributed by atoms with E-state index in [-0.39, 0.29) is 0 Å². The molecule has 15 heavy (non-hydrogen) atoms. The van der Waals surface area contributed by atoms with E-state index in [2.05, 4.69) is 46.2 Å². The van der Waals surface area contributed by atoms with Crippen LogP contribution in [0.2, 0.25) is 5.15 Å². The first kappa shape index (κ1) is 11.7. The predicted molar refractivity (Wildman–Crippen MR) is 69.9 cm³/mol. The summed E-state index contributed by atoms with van der Waals surface area (Å²) in [6.45, 7) is 0. The van der Waals surface area contributed by atoms with Crippen LogP contribution in [0.15, 0.2) is 26.2 Å². The number of aromatic nitrogens is 2. The average Bonchev–Trinajstić information content (AvgIpc) is 2.57. The number of halogens is 3. The van der Waals surface area contributed by atoms with Crippen molar-refractivity contribution in [2.75, 3.05) is 0 Å². The van der Waals surface area contributed by atoms with Crippen LogP contribution in [0.3, 0.4) is 0 Å². The average molecular weight is 388 g/mol. The van der Waals surface area contributed by atoms with Gasteiger partial charge >= 0.3 is 0 Å². The summed E-state index contributed by atoms with van der Waals surface area (Å²) < 4.78 is 6.32. The third kappa shape index (κ3) is 2.85. The van der Waals surface area contributed by atoms with Crippen LogP contribution in [0.25, 0.3) is 0 Å². The standard InChI is InChI=1S/C7H2Br2ClN3S2/c8-3-1-4(9)6(11-2-3)12-7-5(10)13-15-14-7/h1-2H. The molecule has 0 unspecified atom stereocenters. The van der Waals surface area contributed by atoms with Gasteiger partial charge in [0, 0.05) is 21.2 Å². The van der Waals surface area contributed by atoms with Crippen LogP contribution in [-0.4, -0.2) is 9.36 Å². The third-order valence-electron chi connectivity index (χ3n) is 1.41. The van der Waals surface area contributed by atoms with Crippen molar-refractivity contribution in [1.29, 1.82) is 0 Å². The molecule has 0 saturated carbocycles. The Morgan fingerprint density at radius 1 is 1.40 bits per heavy atom. The van der Waals surface area contributed by atoms with E-state index in [1.165, 1.54) is 20.9 Å². The zero-order valence-corrected chi connectivity index (χ0v) is 12.5. The highest BCUT2D eigenvalue weighted by Crippen LogP contribution is 2.25. The number of pyridine rings is 1. The molecular formula is C7H2Br2ClN3S2. The molecule has 2 aromatic heterocycles. The zero-order valence-electron chi connectivity index (χ0n) is 6.95. The molecule has 0 aliphatic heterocycles. The second-order valence-electron chi connectivity index (χ2n) is 2.42. The molecular weight excluding hydrogens is 385 g/mol. The molecule has 0 atom stereocenters. The minimum absolute atomic E-state index is 0.418. The van der Waals surface area contributed by atoms with Crippen LogP contribution in [0, 0.1) is 0 Å². The van der Waals surface area contributed by atoms with Gasteiger partial charge in [-0.2, -0.15) is 4.37 Å². The quantitative estimate of drug-likeness (QED) is 0.694. The van der Waals surface area contributed by atoms with Gasteiger partial charge in [-0.25, -0.2) is 9.98 Å². The van der Waals surface area contributed by atoms with Crippen molar-refractivity contribution in [2.24, 2.45) is 4.99 Å². The Morgan fingerprint density at radius 3 is 2.80 bits per heavy atom. The van der Waals surface area contributed by atoms with Gasteiger partial charge < -0.3 is 0 Å². The van der Waals surface area contributed by atoms with E-state index < -0.39 is 0 Å². The molecule has 0 spiro atoms. The maximum absolute atomic E-state index is 5.84. The van der Waals surface area contributed by atoms with E-state index >= 15 is 0 Å². The molecule has 0 aliphatic rings. The molecule has 2 aromatic rings. The van der Waals surface area contributed by atoms with Gasteiger partial charge in [0.05, 0.1) is 4.47 Å². The van der Waals surface area contributed by atoms with Gasteiger partial charge in [-0.1, -0.05) is 11.6 Å². The van der Waals surface area contributed by atoms with Crippen LogP contribution < -0.4 is 4.67 Å². The van der Waals surface area contributed by atoms with Crippen LogP contribution in [0.5, 0.6) is 0 Å². The fourth-order valence-electron chi connectivity index (χ4n) is 0.811. The molecule has 78 valence electrons. The first-order valence-electron chi connectivity index (χ1n) is 3.64. The van der Waals surface area contributed by atoms with Gasteiger partial charge in [-0.05, 0) is 48.3 Å². The lowest BCUT2D eigenvalue weighted by Crippen LogP contribution is -1.93. The summed E-state index contributed by atoms with van der Waals surface area (Å²) in [7, 11) is 2.72.